The van der Waals surface area contributed by atoms with Crippen LogP contribution in [-0.2, 0) is 33.3 Å². The maximum Gasteiger partial charge on any atom is 0.303 e. The van der Waals surface area contributed by atoms with Crippen LogP contribution in [0, 0.1) is 0 Å². The summed E-state index contributed by atoms with van der Waals surface area (Å²) in [6.45, 7) is 3.28. The van der Waals surface area contributed by atoms with Crippen molar-refractivity contribution >= 4 is 17.9 Å². The molecule has 114 valence electrons. The molecule has 1 fully saturated rings. The van der Waals surface area contributed by atoms with E-state index in [2.05, 4.69) is 0 Å². The summed E-state index contributed by atoms with van der Waals surface area (Å²) in [5, 5.41) is 9.80. The molecule has 0 aromatic rings. The molecule has 0 radical (unpaired) electrons. The number of hydrogen-bond acceptors (Lipinski definition) is 8. The van der Waals surface area contributed by atoms with Gasteiger partial charge >= 0.3 is 17.9 Å². The molecule has 1 N–H and O–H groups in total. The fourth-order valence-electron chi connectivity index (χ4n) is 1.86. The molecule has 8 heteroatoms. The quantitative estimate of drug-likeness (QED) is 0.528. The molecule has 4 unspecified atom stereocenters. The molecule has 1 rings (SSSR count). The Bertz CT molecular complexity index is 380. The maximum absolute atomic E-state index is 11.1. The molecule has 0 spiro atoms. The lowest BCUT2D eigenvalue weighted by Crippen LogP contribution is -2.57. The molecule has 8 nitrogen and oxygen atoms in total. The Kier molecular flexibility index (Phi) is 5.90. The Morgan fingerprint density at radius 3 is 2.10 bits per heavy atom. The first kappa shape index (κ1) is 16.4. The number of esters is 3. The number of aliphatic hydroxyl groups excluding tert-OH is 1. The second-order valence-corrected chi connectivity index (χ2v) is 4.39. The summed E-state index contributed by atoms with van der Waals surface area (Å²) in [5.41, 5.74) is 0. The first-order valence-corrected chi connectivity index (χ1v) is 6.08. The molecule has 0 bridgehead atoms. The van der Waals surface area contributed by atoms with Gasteiger partial charge in [0.25, 0.3) is 0 Å². The number of aliphatic hydroxyl groups is 1. The normalized spacial score (nSPS) is 29.4. The number of rotatable bonds is 4. The number of carbonyl (C=O) groups excluding carboxylic acids is 3. The smallest absolute Gasteiger partial charge is 0.303 e. The van der Waals surface area contributed by atoms with E-state index in [0.29, 0.717) is 0 Å². The molecule has 1 saturated heterocycles. The van der Waals surface area contributed by atoms with Crippen LogP contribution in [0.15, 0.2) is 0 Å². The Labute approximate surface area is 115 Å². The van der Waals surface area contributed by atoms with Gasteiger partial charge in [0.05, 0.1) is 6.61 Å². The molecule has 20 heavy (non-hydrogen) atoms. The van der Waals surface area contributed by atoms with Gasteiger partial charge in [-0.3, -0.25) is 14.4 Å². The van der Waals surface area contributed by atoms with E-state index in [1.54, 1.807) is 0 Å². The molecular formula is C12H18O8. The molecule has 0 aromatic heterocycles. The monoisotopic (exact) mass is 290 g/mol. The van der Waals surface area contributed by atoms with Gasteiger partial charge in [-0.1, -0.05) is 0 Å². The third-order valence-corrected chi connectivity index (χ3v) is 2.61. The summed E-state index contributed by atoms with van der Waals surface area (Å²) in [7, 11) is 0. The Hall–Kier alpha value is -1.67. The first-order chi connectivity index (χ1) is 9.31. The van der Waals surface area contributed by atoms with Crippen molar-refractivity contribution in [1.29, 1.82) is 0 Å². The number of hydrogen-bond donors (Lipinski definition) is 1. The maximum atomic E-state index is 11.1. The second-order valence-electron chi connectivity index (χ2n) is 4.39. The topological polar surface area (TPSA) is 108 Å². The van der Waals surface area contributed by atoms with Crippen LogP contribution in [0.3, 0.4) is 0 Å². The van der Waals surface area contributed by atoms with Crippen LogP contribution >= 0.6 is 0 Å². The average molecular weight is 290 g/mol. The summed E-state index contributed by atoms with van der Waals surface area (Å²) < 4.78 is 20.1. The molecular weight excluding hydrogens is 272 g/mol. The van der Waals surface area contributed by atoms with Crippen molar-refractivity contribution in [2.45, 2.75) is 45.2 Å². The predicted molar refractivity (Wildman–Crippen MR) is 63.5 cm³/mol. The lowest BCUT2D eigenvalue weighted by Gasteiger charge is -2.38. The second kappa shape index (κ2) is 7.20. The first-order valence-electron chi connectivity index (χ1n) is 6.08. The summed E-state index contributed by atoms with van der Waals surface area (Å²) in [6, 6.07) is 0. The van der Waals surface area contributed by atoms with Crippen molar-refractivity contribution in [3.05, 3.63) is 0 Å². The zero-order chi connectivity index (χ0) is 15.3. The third kappa shape index (κ3) is 4.78. The van der Waals surface area contributed by atoms with Gasteiger partial charge in [0, 0.05) is 20.8 Å². The molecule has 1 aliphatic rings. The van der Waals surface area contributed by atoms with Gasteiger partial charge in [-0.15, -0.1) is 0 Å². The van der Waals surface area contributed by atoms with Crippen LogP contribution in [0.2, 0.25) is 0 Å². The highest BCUT2D eigenvalue weighted by Gasteiger charge is 2.44. The van der Waals surface area contributed by atoms with Crippen LogP contribution in [0.1, 0.15) is 20.8 Å². The molecule has 0 aromatic carbocycles. The van der Waals surface area contributed by atoms with Crippen LogP contribution in [0.25, 0.3) is 0 Å². The average Bonchev–Trinajstić information content (AvgIpc) is 2.31. The minimum absolute atomic E-state index is 0.123. The van der Waals surface area contributed by atoms with Crippen molar-refractivity contribution < 1.29 is 38.4 Å². The van der Waals surface area contributed by atoms with Crippen LogP contribution < -0.4 is 0 Å². The number of carbonyl (C=O) groups is 3. The van der Waals surface area contributed by atoms with Gasteiger partial charge in [0.2, 0.25) is 0 Å². The van der Waals surface area contributed by atoms with Crippen molar-refractivity contribution in [2.75, 3.05) is 13.2 Å². The standard InChI is InChI=1S/C12H18O8/c1-6(13)17-5-10-12(20-8(3)15)11(19-7(2)14)9(16)4-18-10/h9-12,16H,4-5H2,1-3H3. The van der Waals surface area contributed by atoms with E-state index in [1.807, 2.05) is 0 Å². The van der Waals surface area contributed by atoms with Crippen molar-refractivity contribution in [3.8, 4) is 0 Å². The minimum Gasteiger partial charge on any atom is -0.463 e. The van der Waals surface area contributed by atoms with Crippen molar-refractivity contribution in [3.63, 3.8) is 0 Å². The van der Waals surface area contributed by atoms with Gasteiger partial charge in [0.15, 0.2) is 12.2 Å². The fourth-order valence-corrected chi connectivity index (χ4v) is 1.86. The highest BCUT2D eigenvalue weighted by molar-refractivity contribution is 5.67. The van der Waals surface area contributed by atoms with Gasteiger partial charge in [-0.05, 0) is 0 Å². The highest BCUT2D eigenvalue weighted by atomic mass is 16.6. The largest absolute Gasteiger partial charge is 0.463 e. The molecule has 0 saturated carbocycles. The zero-order valence-corrected chi connectivity index (χ0v) is 11.5. The van der Waals surface area contributed by atoms with Crippen molar-refractivity contribution in [2.24, 2.45) is 0 Å². The molecule has 1 aliphatic heterocycles. The van der Waals surface area contributed by atoms with E-state index in [0.717, 1.165) is 0 Å². The molecule has 0 aliphatic carbocycles. The minimum atomic E-state index is -1.13. The zero-order valence-electron chi connectivity index (χ0n) is 11.5. The van der Waals surface area contributed by atoms with Crippen LogP contribution in [-0.4, -0.2) is 60.6 Å². The number of ether oxygens (including phenoxy) is 4. The third-order valence-electron chi connectivity index (χ3n) is 2.61. The van der Waals surface area contributed by atoms with Crippen LogP contribution in [0.4, 0.5) is 0 Å². The van der Waals surface area contributed by atoms with E-state index in [9.17, 15) is 19.5 Å². The van der Waals surface area contributed by atoms with Crippen LogP contribution in [0.5, 0.6) is 0 Å². The Morgan fingerprint density at radius 2 is 1.60 bits per heavy atom. The van der Waals surface area contributed by atoms with Gasteiger partial charge in [0.1, 0.15) is 18.8 Å². The van der Waals surface area contributed by atoms with Gasteiger partial charge in [-0.2, -0.15) is 0 Å². The van der Waals surface area contributed by atoms with E-state index >= 15 is 0 Å². The summed E-state index contributed by atoms with van der Waals surface area (Å²) in [6.07, 6.45) is -4.04. The van der Waals surface area contributed by atoms with Crippen molar-refractivity contribution in [1.82, 2.24) is 0 Å². The lowest BCUT2D eigenvalue weighted by atomic mass is 10.00. The Balaban J connectivity index is 2.83. The summed E-state index contributed by atoms with van der Waals surface area (Å²) in [4.78, 5) is 33.0. The molecule has 4 atom stereocenters. The molecule has 1 heterocycles. The van der Waals surface area contributed by atoms with E-state index in [1.165, 1.54) is 20.8 Å². The lowest BCUT2D eigenvalue weighted by molar-refractivity contribution is -0.225. The predicted octanol–water partition coefficient (Wildman–Crippen LogP) is -0.827. The highest BCUT2D eigenvalue weighted by Crippen LogP contribution is 2.22. The fraction of sp³-hybridized carbons (Fsp3) is 0.750. The van der Waals surface area contributed by atoms with Gasteiger partial charge in [-0.25, -0.2) is 0 Å². The SMILES string of the molecule is CC(=O)OCC1OCC(O)C(OC(C)=O)C1OC(C)=O. The van der Waals surface area contributed by atoms with E-state index in [-0.39, 0.29) is 13.2 Å². The summed E-state index contributed by atoms with van der Waals surface area (Å²) in [5.74, 6) is -1.78. The summed E-state index contributed by atoms with van der Waals surface area (Å²) >= 11 is 0. The van der Waals surface area contributed by atoms with E-state index < -0.39 is 42.3 Å². The molecule has 0 amide bonds. The van der Waals surface area contributed by atoms with Gasteiger partial charge < -0.3 is 24.1 Å². The Morgan fingerprint density at radius 1 is 1.05 bits per heavy atom. The van der Waals surface area contributed by atoms with E-state index in [4.69, 9.17) is 18.9 Å².